The quantitative estimate of drug-likeness (QED) is 0.233. The first-order chi connectivity index (χ1) is 15.9. The summed E-state index contributed by atoms with van der Waals surface area (Å²) in [6, 6.07) is 8.99. The van der Waals surface area contributed by atoms with Crippen molar-refractivity contribution in [3.63, 3.8) is 0 Å². The standard InChI is InChI=1S/C24H24Br3N3O4/c1-6-33-22(32)13(2)34-20-17(26)9-14(10-18(20)27)12-28-30-21(31)16-11-15(25)7-8-19(16)29-23(30)24(3,4)5/h7-13H,6H2,1-5H3/t13-/m1/s1. The number of carbonyl (C=O) groups excluding carboxylic acids is 1. The summed E-state index contributed by atoms with van der Waals surface area (Å²) in [5.74, 6) is 0.559. The lowest BCUT2D eigenvalue weighted by Crippen LogP contribution is -2.29. The molecule has 180 valence electrons. The number of hydrogen-bond acceptors (Lipinski definition) is 6. The minimum Gasteiger partial charge on any atom is -0.477 e. The lowest BCUT2D eigenvalue weighted by molar-refractivity contribution is -0.150. The molecule has 0 spiro atoms. The fraction of sp³-hybridized carbons (Fsp3) is 0.333. The minimum atomic E-state index is -0.775. The van der Waals surface area contributed by atoms with Crippen molar-refractivity contribution in [3.8, 4) is 5.75 Å². The molecule has 34 heavy (non-hydrogen) atoms. The normalized spacial score (nSPS) is 12.8. The molecule has 0 amide bonds. The maximum atomic E-state index is 13.3. The molecule has 2 aromatic carbocycles. The van der Waals surface area contributed by atoms with Gasteiger partial charge in [-0.25, -0.2) is 9.78 Å². The second-order valence-electron chi connectivity index (χ2n) is 8.53. The van der Waals surface area contributed by atoms with E-state index >= 15 is 0 Å². The smallest absolute Gasteiger partial charge is 0.347 e. The van der Waals surface area contributed by atoms with Gasteiger partial charge in [0.1, 0.15) is 11.6 Å². The van der Waals surface area contributed by atoms with Gasteiger partial charge < -0.3 is 9.47 Å². The van der Waals surface area contributed by atoms with Crippen LogP contribution in [0.5, 0.6) is 5.75 Å². The summed E-state index contributed by atoms with van der Waals surface area (Å²) >= 11 is 10.4. The SMILES string of the molecule is CCOC(=O)[C@@H](C)Oc1c(Br)cc(C=Nn2c(C(C)(C)C)nc3ccc(Br)cc3c2=O)cc1Br. The fourth-order valence-corrected chi connectivity index (χ4v) is 4.89. The van der Waals surface area contributed by atoms with Crippen molar-refractivity contribution in [1.82, 2.24) is 9.66 Å². The molecule has 10 heteroatoms. The van der Waals surface area contributed by atoms with Crippen molar-refractivity contribution in [2.24, 2.45) is 5.10 Å². The highest BCUT2D eigenvalue weighted by Crippen LogP contribution is 2.35. The summed E-state index contributed by atoms with van der Waals surface area (Å²) in [6.45, 7) is 9.59. The third-order valence-corrected chi connectivity index (χ3v) is 6.41. The maximum absolute atomic E-state index is 13.3. The summed E-state index contributed by atoms with van der Waals surface area (Å²) in [5.41, 5.74) is 0.650. The van der Waals surface area contributed by atoms with E-state index < -0.39 is 17.5 Å². The lowest BCUT2D eigenvalue weighted by Gasteiger charge is -2.21. The van der Waals surface area contributed by atoms with Crippen molar-refractivity contribution < 1.29 is 14.3 Å². The molecule has 0 aliphatic carbocycles. The van der Waals surface area contributed by atoms with Crippen molar-refractivity contribution >= 4 is 70.9 Å². The van der Waals surface area contributed by atoms with Crippen LogP contribution in [0.25, 0.3) is 10.9 Å². The van der Waals surface area contributed by atoms with Gasteiger partial charge in [-0.05, 0) is 81.6 Å². The number of carbonyl (C=O) groups is 1. The first-order valence-electron chi connectivity index (χ1n) is 10.5. The number of nitrogens with zero attached hydrogens (tertiary/aromatic N) is 3. The van der Waals surface area contributed by atoms with Crippen LogP contribution in [0.15, 0.2) is 53.6 Å². The predicted molar refractivity (Wildman–Crippen MR) is 144 cm³/mol. The molecule has 1 atom stereocenters. The van der Waals surface area contributed by atoms with Gasteiger partial charge in [0, 0.05) is 9.89 Å². The van der Waals surface area contributed by atoms with E-state index in [9.17, 15) is 9.59 Å². The second-order valence-corrected chi connectivity index (χ2v) is 11.2. The first-order valence-corrected chi connectivity index (χ1v) is 12.9. The molecule has 3 rings (SSSR count). The van der Waals surface area contributed by atoms with Crippen LogP contribution in [0.1, 0.15) is 46.0 Å². The van der Waals surface area contributed by atoms with Crippen LogP contribution in [-0.4, -0.2) is 34.6 Å². The number of benzene rings is 2. The second kappa shape index (κ2) is 10.7. The molecule has 0 saturated heterocycles. The van der Waals surface area contributed by atoms with E-state index in [2.05, 4.69) is 52.9 Å². The molecule has 0 bridgehead atoms. The monoisotopic (exact) mass is 655 g/mol. The Hall–Kier alpha value is -2.04. The van der Waals surface area contributed by atoms with Crippen LogP contribution >= 0.6 is 47.8 Å². The third-order valence-electron chi connectivity index (χ3n) is 4.74. The zero-order valence-electron chi connectivity index (χ0n) is 19.4. The van der Waals surface area contributed by atoms with E-state index in [1.165, 1.54) is 4.68 Å². The Balaban J connectivity index is 2.02. The van der Waals surface area contributed by atoms with Crippen molar-refractivity contribution in [3.05, 3.63) is 65.5 Å². The predicted octanol–water partition coefficient (Wildman–Crippen LogP) is 6.19. The van der Waals surface area contributed by atoms with Crippen LogP contribution in [-0.2, 0) is 14.9 Å². The van der Waals surface area contributed by atoms with Crippen molar-refractivity contribution in [2.75, 3.05) is 6.61 Å². The third kappa shape index (κ3) is 5.95. The van der Waals surface area contributed by atoms with Crippen LogP contribution in [0.3, 0.4) is 0 Å². The Bertz CT molecular complexity index is 1310. The molecule has 1 heterocycles. The highest BCUT2D eigenvalue weighted by molar-refractivity contribution is 9.11. The summed E-state index contributed by atoms with van der Waals surface area (Å²) in [5, 5.41) is 4.96. The zero-order chi connectivity index (χ0) is 25.2. The molecular weight excluding hydrogens is 634 g/mol. The van der Waals surface area contributed by atoms with Crippen molar-refractivity contribution in [1.29, 1.82) is 0 Å². The van der Waals surface area contributed by atoms with E-state index in [-0.39, 0.29) is 12.2 Å². The maximum Gasteiger partial charge on any atom is 0.347 e. The molecule has 0 unspecified atom stereocenters. The number of halogens is 3. The van der Waals surface area contributed by atoms with E-state index in [0.29, 0.717) is 37.0 Å². The van der Waals surface area contributed by atoms with E-state index in [1.807, 2.05) is 32.9 Å². The number of ether oxygens (including phenoxy) is 2. The Morgan fingerprint density at radius 2 is 1.82 bits per heavy atom. The zero-order valence-corrected chi connectivity index (χ0v) is 24.1. The number of rotatable bonds is 6. The first kappa shape index (κ1) is 26.6. The topological polar surface area (TPSA) is 82.8 Å². The average Bonchev–Trinajstić information content (AvgIpc) is 2.75. The van der Waals surface area contributed by atoms with Crippen LogP contribution in [0.4, 0.5) is 0 Å². The lowest BCUT2D eigenvalue weighted by atomic mass is 9.95. The largest absolute Gasteiger partial charge is 0.477 e. The molecule has 0 aliphatic heterocycles. The number of esters is 1. The van der Waals surface area contributed by atoms with E-state index in [1.54, 1.807) is 38.3 Å². The molecule has 0 fully saturated rings. The van der Waals surface area contributed by atoms with Gasteiger partial charge in [0.05, 0.1) is 32.7 Å². The molecule has 0 radical (unpaired) electrons. The van der Waals surface area contributed by atoms with Gasteiger partial charge in [0.15, 0.2) is 6.10 Å². The number of hydrogen-bond donors (Lipinski definition) is 0. The summed E-state index contributed by atoms with van der Waals surface area (Å²) in [7, 11) is 0. The average molecular weight is 658 g/mol. The highest BCUT2D eigenvalue weighted by Gasteiger charge is 2.23. The van der Waals surface area contributed by atoms with Gasteiger partial charge in [-0.1, -0.05) is 36.7 Å². The minimum absolute atomic E-state index is 0.256. The summed E-state index contributed by atoms with van der Waals surface area (Å²) in [6.07, 6.45) is 0.805. The van der Waals surface area contributed by atoms with Gasteiger partial charge >= 0.3 is 5.97 Å². The van der Waals surface area contributed by atoms with Crippen LogP contribution < -0.4 is 10.3 Å². The molecule has 0 aliphatic rings. The van der Waals surface area contributed by atoms with Gasteiger partial charge in [-0.3, -0.25) is 4.79 Å². The van der Waals surface area contributed by atoms with E-state index in [4.69, 9.17) is 14.5 Å². The Morgan fingerprint density at radius 1 is 1.18 bits per heavy atom. The van der Waals surface area contributed by atoms with Gasteiger partial charge in [-0.2, -0.15) is 9.78 Å². The van der Waals surface area contributed by atoms with E-state index in [0.717, 1.165) is 4.47 Å². The van der Waals surface area contributed by atoms with Gasteiger partial charge in [-0.15, -0.1) is 0 Å². The number of aromatic nitrogens is 2. The van der Waals surface area contributed by atoms with Gasteiger partial charge in [0.25, 0.3) is 5.56 Å². The van der Waals surface area contributed by atoms with Gasteiger partial charge in [0.2, 0.25) is 0 Å². The highest BCUT2D eigenvalue weighted by atomic mass is 79.9. The van der Waals surface area contributed by atoms with Crippen molar-refractivity contribution in [2.45, 2.75) is 46.1 Å². The summed E-state index contributed by atoms with van der Waals surface area (Å²) in [4.78, 5) is 29.9. The Kier molecular flexibility index (Phi) is 8.36. The Morgan fingerprint density at radius 3 is 2.41 bits per heavy atom. The van der Waals surface area contributed by atoms with Crippen LogP contribution in [0.2, 0.25) is 0 Å². The Labute approximate surface area is 222 Å². The fourth-order valence-electron chi connectivity index (χ4n) is 3.12. The molecule has 0 saturated carbocycles. The molecule has 0 N–H and O–H groups in total. The molecule has 7 nitrogen and oxygen atoms in total. The number of fused-ring (bicyclic) bond motifs is 1. The molecule has 3 aromatic rings. The summed E-state index contributed by atoms with van der Waals surface area (Å²) < 4.78 is 14.1. The van der Waals surface area contributed by atoms with Crippen LogP contribution in [0, 0.1) is 0 Å². The molecular formula is C24H24Br3N3O4. The molecule has 1 aromatic heterocycles.